The number of hydrogen-bond donors (Lipinski definition) is 1. The van der Waals surface area contributed by atoms with Gasteiger partial charge in [0.1, 0.15) is 18.0 Å². The van der Waals surface area contributed by atoms with Gasteiger partial charge in [0, 0.05) is 30.9 Å². The minimum absolute atomic E-state index is 0.0303. The Morgan fingerprint density at radius 2 is 1.54 bits per heavy atom. The first kappa shape index (κ1) is 31.3. The van der Waals surface area contributed by atoms with E-state index in [-0.39, 0.29) is 35.1 Å². The van der Waals surface area contributed by atoms with E-state index in [1.165, 1.54) is 73.1 Å². The van der Waals surface area contributed by atoms with Gasteiger partial charge in [0.05, 0.1) is 29.7 Å². The van der Waals surface area contributed by atoms with E-state index in [1.54, 1.807) is 13.8 Å². The smallest absolute Gasteiger partial charge is 0.289 e. The number of para-hydroxylation sites is 1. The molecule has 0 unspecified atom stereocenters. The molecule has 0 saturated carbocycles. The second-order valence-corrected chi connectivity index (χ2v) is 12.2. The van der Waals surface area contributed by atoms with Crippen LogP contribution >= 0.6 is 0 Å². The van der Waals surface area contributed by atoms with E-state index in [1.807, 2.05) is 0 Å². The molecule has 0 saturated heterocycles. The summed E-state index contributed by atoms with van der Waals surface area (Å²) < 4.78 is 65.7. The Morgan fingerprint density at radius 1 is 0.902 bits per heavy atom. The lowest BCUT2D eigenvalue weighted by Gasteiger charge is -2.25. The second-order valence-electron chi connectivity index (χ2n) is 8.44. The molecule has 3 rings (SSSR count). The number of nitro groups is 1. The summed E-state index contributed by atoms with van der Waals surface area (Å²) in [7, 11) is -5.71. The van der Waals surface area contributed by atoms with Gasteiger partial charge in [-0.15, -0.1) is 0 Å². The minimum atomic E-state index is -4.69. The number of carbonyl (C=O) groups is 1. The third-order valence-corrected chi connectivity index (χ3v) is 9.93. The van der Waals surface area contributed by atoms with Crippen molar-refractivity contribution in [1.82, 2.24) is 4.31 Å². The van der Waals surface area contributed by atoms with Crippen LogP contribution in [0.3, 0.4) is 0 Å². The molecular formula is C26H30N4O9S2. The molecule has 0 fully saturated rings. The van der Waals surface area contributed by atoms with Gasteiger partial charge in [-0.2, -0.15) is 4.31 Å². The molecule has 1 amide bonds. The van der Waals surface area contributed by atoms with Gasteiger partial charge in [-0.3, -0.25) is 19.2 Å². The van der Waals surface area contributed by atoms with Crippen molar-refractivity contribution in [1.29, 1.82) is 0 Å². The normalized spacial score (nSPS) is 11.6. The van der Waals surface area contributed by atoms with Crippen LogP contribution in [0.15, 0.2) is 76.5 Å². The number of amides is 1. The maximum absolute atomic E-state index is 13.8. The summed E-state index contributed by atoms with van der Waals surface area (Å²) in [6.45, 7) is 3.22. The first-order valence-corrected chi connectivity index (χ1v) is 15.2. The lowest BCUT2D eigenvalue weighted by Crippen LogP contribution is -2.38. The Labute approximate surface area is 238 Å². The summed E-state index contributed by atoms with van der Waals surface area (Å²) in [4.78, 5) is 23.4. The van der Waals surface area contributed by atoms with Gasteiger partial charge in [-0.1, -0.05) is 26.0 Å². The predicted octanol–water partition coefficient (Wildman–Crippen LogP) is 3.48. The maximum Gasteiger partial charge on any atom is 0.289 e. The molecule has 15 heteroatoms. The molecule has 3 aromatic carbocycles. The third kappa shape index (κ3) is 6.75. The van der Waals surface area contributed by atoms with Crippen molar-refractivity contribution in [3.05, 3.63) is 76.8 Å². The van der Waals surface area contributed by atoms with Crippen LogP contribution in [0.2, 0.25) is 0 Å². The molecule has 41 heavy (non-hydrogen) atoms. The highest BCUT2D eigenvalue weighted by molar-refractivity contribution is 7.93. The number of methoxy groups -OCH3 is 2. The Kier molecular flexibility index (Phi) is 9.91. The third-order valence-electron chi connectivity index (χ3n) is 6.05. The molecule has 3 aromatic rings. The lowest BCUT2D eigenvalue weighted by atomic mass is 10.2. The second kappa shape index (κ2) is 13.0. The van der Waals surface area contributed by atoms with E-state index in [4.69, 9.17) is 9.47 Å². The zero-order chi connectivity index (χ0) is 30.4. The molecule has 0 aliphatic heterocycles. The van der Waals surface area contributed by atoms with Gasteiger partial charge >= 0.3 is 0 Å². The first-order valence-electron chi connectivity index (χ1n) is 12.3. The molecule has 0 radical (unpaired) electrons. The molecule has 220 valence electrons. The van der Waals surface area contributed by atoms with Crippen LogP contribution in [0, 0.1) is 10.1 Å². The zero-order valence-electron chi connectivity index (χ0n) is 22.8. The number of nitro benzene ring substituents is 1. The van der Waals surface area contributed by atoms with Crippen molar-refractivity contribution in [2.24, 2.45) is 0 Å². The number of rotatable bonds is 13. The summed E-state index contributed by atoms with van der Waals surface area (Å²) in [6.07, 6.45) is 0. The number of sulfonamides is 2. The number of nitrogens with zero attached hydrogens (tertiary/aromatic N) is 3. The fourth-order valence-electron chi connectivity index (χ4n) is 3.99. The molecule has 1 N–H and O–H groups in total. The van der Waals surface area contributed by atoms with Gasteiger partial charge < -0.3 is 14.8 Å². The SMILES string of the molecule is CCN(CC)S(=O)(=O)c1ccc(NC(=O)CN(c2ccc(OC)cc2OC)S(=O)(=O)c2ccccc2[N+](=O)[O-])cc1. The van der Waals surface area contributed by atoms with E-state index < -0.39 is 48.0 Å². The number of benzene rings is 3. The average Bonchev–Trinajstić information content (AvgIpc) is 2.96. The van der Waals surface area contributed by atoms with Crippen molar-refractivity contribution in [2.75, 3.05) is 43.5 Å². The highest BCUT2D eigenvalue weighted by Gasteiger charge is 2.34. The number of ether oxygens (including phenoxy) is 2. The number of carbonyl (C=O) groups excluding carboxylic acids is 1. The molecule has 0 bridgehead atoms. The van der Waals surface area contributed by atoms with Crippen LogP contribution in [-0.4, -0.2) is 65.8 Å². The molecule has 0 spiro atoms. The Hall–Kier alpha value is -4.21. The van der Waals surface area contributed by atoms with Crippen LogP contribution in [0.25, 0.3) is 0 Å². The van der Waals surface area contributed by atoms with Gasteiger partial charge in [-0.25, -0.2) is 16.8 Å². The Bertz CT molecular complexity index is 1620. The molecular weight excluding hydrogens is 576 g/mol. The first-order chi connectivity index (χ1) is 19.4. The molecule has 0 heterocycles. The molecule has 0 aliphatic carbocycles. The predicted molar refractivity (Wildman–Crippen MR) is 152 cm³/mol. The van der Waals surface area contributed by atoms with Crippen LogP contribution < -0.4 is 19.1 Å². The lowest BCUT2D eigenvalue weighted by molar-refractivity contribution is -0.387. The molecule has 13 nitrogen and oxygen atoms in total. The molecule has 0 atom stereocenters. The Balaban J connectivity index is 2.01. The van der Waals surface area contributed by atoms with Crippen molar-refractivity contribution in [2.45, 2.75) is 23.6 Å². The van der Waals surface area contributed by atoms with Gasteiger partial charge in [0.25, 0.3) is 15.7 Å². The zero-order valence-corrected chi connectivity index (χ0v) is 24.4. The maximum atomic E-state index is 13.8. The van der Waals surface area contributed by atoms with E-state index in [0.717, 1.165) is 12.1 Å². The summed E-state index contributed by atoms with van der Waals surface area (Å²) in [5.74, 6) is -0.424. The van der Waals surface area contributed by atoms with Gasteiger partial charge in [0.15, 0.2) is 4.90 Å². The number of nitrogens with one attached hydrogen (secondary N) is 1. The Morgan fingerprint density at radius 3 is 2.10 bits per heavy atom. The summed E-state index contributed by atoms with van der Waals surface area (Å²) in [5.41, 5.74) is -0.532. The summed E-state index contributed by atoms with van der Waals surface area (Å²) in [5, 5.41) is 14.2. The average molecular weight is 607 g/mol. The van der Waals surface area contributed by atoms with Crippen molar-refractivity contribution < 1.29 is 36.0 Å². The highest BCUT2D eigenvalue weighted by Crippen LogP contribution is 2.37. The van der Waals surface area contributed by atoms with Crippen LogP contribution in [0.4, 0.5) is 17.1 Å². The minimum Gasteiger partial charge on any atom is -0.497 e. The number of anilines is 2. The van der Waals surface area contributed by atoms with Crippen molar-refractivity contribution >= 4 is 43.0 Å². The standard InChI is InChI=1S/C26H30N4O9S2/c1-5-28(6-2)40(34,35)21-14-11-19(12-15-21)27-26(31)18-29(22-16-13-20(38-3)17-24(22)39-4)41(36,37)25-10-8-7-9-23(25)30(32)33/h7-17H,5-6,18H2,1-4H3,(H,27,31). The topological polar surface area (TPSA) is 165 Å². The molecule has 0 aliphatic rings. The summed E-state index contributed by atoms with van der Waals surface area (Å²) >= 11 is 0. The van der Waals surface area contributed by atoms with Crippen LogP contribution in [0.1, 0.15) is 13.8 Å². The summed E-state index contributed by atoms with van der Waals surface area (Å²) in [6, 6.07) is 14.4. The van der Waals surface area contributed by atoms with Crippen molar-refractivity contribution in [3.63, 3.8) is 0 Å². The van der Waals surface area contributed by atoms with Gasteiger partial charge in [-0.05, 0) is 42.5 Å². The van der Waals surface area contributed by atoms with Crippen LogP contribution in [-0.2, 0) is 24.8 Å². The van der Waals surface area contributed by atoms with E-state index in [2.05, 4.69) is 5.32 Å². The van der Waals surface area contributed by atoms with Crippen LogP contribution in [0.5, 0.6) is 11.5 Å². The van der Waals surface area contributed by atoms with Gasteiger partial charge in [0.2, 0.25) is 15.9 Å². The quantitative estimate of drug-likeness (QED) is 0.226. The van der Waals surface area contributed by atoms with Crippen molar-refractivity contribution in [3.8, 4) is 11.5 Å². The highest BCUT2D eigenvalue weighted by atomic mass is 32.2. The largest absolute Gasteiger partial charge is 0.497 e. The number of hydrogen-bond acceptors (Lipinski definition) is 9. The fourth-order valence-corrected chi connectivity index (χ4v) is 7.04. The fraction of sp³-hybridized carbons (Fsp3) is 0.269. The van der Waals surface area contributed by atoms with E-state index in [0.29, 0.717) is 10.1 Å². The monoisotopic (exact) mass is 606 g/mol. The van der Waals surface area contributed by atoms with E-state index >= 15 is 0 Å². The van der Waals surface area contributed by atoms with E-state index in [9.17, 15) is 31.7 Å². The molecule has 0 aromatic heterocycles.